The molecule has 2 unspecified atom stereocenters. The molecule has 56 heavy (non-hydrogen) atoms. The minimum atomic E-state index is -1.06. The van der Waals surface area contributed by atoms with E-state index in [-0.39, 0.29) is 32.5 Å². The summed E-state index contributed by atoms with van der Waals surface area (Å²) in [7, 11) is 2.90. The van der Waals surface area contributed by atoms with Gasteiger partial charge in [-0.1, -0.05) is 7.43 Å². The normalized spacial score (nSPS) is 13.7. The van der Waals surface area contributed by atoms with Crippen molar-refractivity contribution >= 4 is 17.9 Å². The van der Waals surface area contributed by atoms with Crippen LogP contribution < -0.4 is 31.2 Å². The Hall–Kier alpha value is -4.23. The van der Waals surface area contributed by atoms with Crippen molar-refractivity contribution in [3.05, 3.63) is 36.4 Å². The second-order valence-electron chi connectivity index (χ2n) is 14.8. The summed E-state index contributed by atoms with van der Waals surface area (Å²) in [6, 6.07) is -1.10. The zero-order chi connectivity index (χ0) is 41.8. The van der Waals surface area contributed by atoms with Gasteiger partial charge in [0.05, 0.1) is 36.9 Å². The number of amides is 3. The van der Waals surface area contributed by atoms with Gasteiger partial charge in [-0.05, 0) is 94.5 Å². The van der Waals surface area contributed by atoms with Crippen molar-refractivity contribution in [2.45, 2.75) is 137 Å². The molecule has 2 rings (SSSR count). The molecule has 0 spiro atoms. The van der Waals surface area contributed by atoms with Gasteiger partial charge in [0, 0.05) is 20.8 Å². The molecule has 0 saturated heterocycles. The summed E-state index contributed by atoms with van der Waals surface area (Å²) in [4.78, 5) is 52.7. The molecule has 0 saturated carbocycles. The molecule has 2 aromatic heterocycles. The van der Waals surface area contributed by atoms with Gasteiger partial charge < -0.3 is 55.6 Å². The Morgan fingerprint density at radius 1 is 0.714 bits per heavy atom. The Kier molecular flexibility index (Phi) is 23.2. The lowest BCUT2D eigenvalue weighted by molar-refractivity contribution is -0.141. The molecule has 4 atom stereocenters. The Morgan fingerprint density at radius 3 is 1.43 bits per heavy atom. The van der Waals surface area contributed by atoms with Crippen LogP contribution in [0.5, 0.6) is 11.5 Å². The third-order valence-electron chi connectivity index (χ3n) is 8.11. The van der Waals surface area contributed by atoms with E-state index in [4.69, 9.17) is 29.4 Å². The zero-order valence-corrected chi connectivity index (χ0v) is 34.3. The standard InChI is InChI=1S/C21H36N4O6.C16H28N4O4.CH4/c1-14-23-11-15(12-24-14)30-13-17(26)16(25-18(27)21(5,6)29-7)9-8-10-22-19(28)31-20(2,3)4;1-11-18-8-12(9-19-11)24-10-14(21)13(6-5-7-17)20-15(22)16(2,3)23-4;/h11-12,16-17,26H,8-10,13H2,1-7H3,(H,22,28)(H,25,27);8-9,13-14,21H,5-7,10,17H2,1-4H3,(H,20,22);1H4/t16-,17?;13-,14?;/m00./s1. The van der Waals surface area contributed by atoms with Crippen LogP contribution in [0.3, 0.4) is 0 Å². The number of methoxy groups -OCH3 is 2. The van der Waals surface area contributed by atoms with Gasteiger partial charge in [-0.3, -0.25) is 9.59 Å². The zero-order valence-electron chi connectivity index (χ0n) is 34.3. The number of nitrogens with zero attached hydrogens (tertiary/aromatic N) is 4. The molecule has 0 aliphatic carbocycles. The van der Waals surface area contributed by atoms with Gasteiger partial charge >= 0.3 is 6.09 Å². The van der Waals surface area contributed by atoms with Crippen LogP contribution >= 0.6 is 0 Å². The van der Waals surface area contributed by atoms with Crippen LogP contribution in [-0.2, 0) is 23.8 Å². The van der Waals surface area contributed by atoms with Crippen LogP contribution in [-0.4, -0.2) is 130 Å². The minimum absolute atomic E-state index is 0. The van der Waals surface area contributed by atoms with Gasteiger partial charge in [0.1, 0.15) is 53.9 Å². The Labute approximate surface area is 332 Å². The second-order valence-corrected chi connectivity index (χ2v) is 14.8. The number of carbonyl (C=O) groups is 3. The Bertz CT molecular complexity index is 1420. The SMILES string of the molecule is C.COC(C)(C)C(=O)N[C@@H](CCCN)C(O)COc1cnc(C)nc1.COC(C)(C)C(=O)N[C@@H](CCCNC(=O)OC(C)(C)C)C(O)COc1cnc(C)nc1. The van der Waals surface area contributed by atoms with E-state index in [1.165, 1.54) is 39.0 Å². The number of nitrogens with one attached hydrogen (secondary N) is 3. The quantitative estimate of drug-likeness (QED) is 0.0994. The number of hydrogen-bond acceptors (Lipinski definition) is 15. The number of aromatic nitrogens is 4. The maximum Gasteiger partial charge on any atom is 0.407 e. The highest BCUT2D eigenvalue weighted by Gasteiger charge is 2.32. The van der Waals surface area contributed by atoms with Crippen LogP contribution in [0.1, 0.15) is 93.2 Å². The Balaban J connectivity index is 0.00000109. The van der Waals surface area contributed by atoms with Crippen LogP contribution in [0.25, 0.3) is 0 Å². The predicted octanol–water partition coefficient (Wildman–Crippen LogP) is 2.55. The average molecular weight is 797 g/mol. The summed E-state index contributed by atoms with van der Waals surface area (Å²) >= 11 is 0. The van der Waals surface area contributed by atoms with Gasteiger partial charge in [-0.15, -0.1) is 0 Å². The highest BCUT2D eigenvalue weighted by Crippen LogP contribution is 2.15. The van der Waals surface area contributed by atoms with E-state index in [0.717, 1.165) is 0 Å². The van der Waals surface area contributed by atoms with Crippen molar-refractivity contribution in [2.75, 3.05) is 40.5 Å². The van der Waals surface area contributed by atoms with Crippen LogP contribution in [0.15, 0.2) is 24.8 Å². The Morgan fingerprint density at radius 2 is 1.09 bits per heavy atom. The highest BCUT2D eigenvalue weighted by molar-refractivity contribution is 5.85. The summed E-state index contributed by atoms with van der Waals surface area (Å²) in [5.74, 6) is 1.46. The topological polar surface area (TPSA) is 251 Å². The molecular weight excluding hydrogens is 728 g/mol. The third-order valence-corrected chi connectivity index (χ3v) is 8.11. The van der Waals surface area contributed by atoms with Crippen molar-refractivity contribution in [3.63, 3.8) is 0 Å². The molecule has 0 aliphatic heterocycles. The molecule has 3 amide bonds. The monoisotopic (exact) mass is 797 g/mol. The lowest BCUT2D eigenvalue weighted by Crippen LogP contribution is -2.53. The van der Waals surface area contributed by atoms with Gasteiger partial charge in [0.15, 0.2) is 11.5 Å². The predicted molar refractivity (Wildman–Crippen MR) is 211 cm³/mol. The van der Waals surface area contributed by atoms with E-state index in [0.29, 0.717) is 61.9 Å². The fraction of sp³-hybridized carbons (Fsp3) is 0.711. The number of ether oxygens (including phenoxy) is 5. The minimum Gasteiger partial charge on any atom is -0.488 e. The van der Waals surface area contributed by atoms with E-state index in [1.807, 2.05) is 0 Å². The summed E-state index contributed by atoms with van der Waals surface area (Å²) < 4.78 is 26.6. The van der Waals surface area contributed by atoms with E-state index < -0.39 is 47.2 Å². The first-order valence-electron chi connectivity index (χ1n) is 18.2. The molecule has 2 aromatic rings. The van der Waals surface area contributed by atoms with E-state index in [9.17, 15) is 24.6 Å². The number of aliphatic hydroxyl groups excluding tert-OH is 2. The summed E-state index contributed by atoms with van der Waals surface area (Å²) in [6.07, 6.45) is 5.81. The van der Waals surface area contributed by atoms with Gasteiger partial charge in [-0.25, -0.2) is 24.7 Å². The van der Waals surface area contributed by atoms with Crippen molar-refractivity contribution in [1.29, 1.82) is 0 Å². The molecular formula is C38H68N8O10. The molecule has 0 aliphatic rings. The second kappa shape index (κ2) is 25.1. The highest BCUT2D eigenvalue weighted by atomic mass is 16.6. The smallest absolute Gasteiger partial charge is 0.407 e. The fourth-order valence-electron chi connectivity index (χ4n) is 4.26. The first-order valence-corrected chi connectivity index (χ1v) is 18.2. The number of nitrogens with two attached hydrogens (primary N) is 1. The summed E-state index contributed by atoms with van der Waals surface area (Å²) in [6.45, 7) is 16.2. The summed E-state index contributed by atoms with van der Waals surface area (Å²) in [5, 5.41) is 29.3. The van der Waals surface area contributed by atoms with Crippen molar-refractivity contribution in [1.82, 2.24) is 35.9 Å². The maximum atomic E-state index is 12.5. The fourth-order valence-corrected chi connectivity index (χ4v) is 4.26. The molecule has 0 fully saturated rings. The van der Waals surface area contributed by atoms with Crippen molar-refractivity contribution in [2.24, 2.45) is 5.73 Å². The lowest BCUT2D eigenvalue weighted by atomic mass is 10.0. The number of alkyl carbamates (subject to hydrolysis) is 1. The van der Waals surface area contributed by atoms with E-state index >= 15 is 0 Å². The average Bonchev–Trinajstić information content (AvgIpc) is 3.13. The molecule has 18 heteroatoms. The van der Waals surface area contributed by atoms with Crippen LogP contribution in [0, 0.1) is 13.8 Å². The number of aliphatic hydroxyl groups is 2. The van der Waals surface area contributed by atoms with Crippen molar-refractivity contribution < 1.29 is 48.3 Å². The number of aryl methyl sites for hydroxylation is 2. The molecule has 320 valence electrons. The molecule has 2 heterocycles. The largest absolute Gasteiger partial charge is 0.488 e. The lowest BCUT2D eigenvalue weighted by Gasteiger charge is -2.29. The number of carbonyl (C=O) groups excluding carboxylic acids is 3. The van der Waals surface area contributed by atoms with E-state index in [2.05, 4.69) is 35.9 Å². The third kappa shape index (κ3) is 20.6. The van der Waals surface area contributed by atoms with E-state index in [1.54, 1.807) is 62.3 Å². The van der Waals surface area contributed by atoms with Crippen molar-refractivity contribution in [3.8, 4) is 11.5 Å². The molecule has 7 N–H and O–H groups in total. The maximum absolute atomic E-state index is 12.5. The van der Waals surface area contributed by atoms with Gasteiger partial charge in [-0.2, -0.15) is 0 Å². The summed E-state index contributed by atoms with van der Waals surface area (Å²) in [5.41, 5.74) is 2.91. The van der Waals surface area contributed by atoms with Crippen LogP contribution in [0.2, 0.25) is 0 Å². The molecule has 0 bridgehead atoms. The van der Waals surface area contributed by atoms with Crippen LogP contribution in [0.4, 0.5) is 4.79 Å². The molecule has 0 radical (unpaired) electrons. The number of rotatable bonds is 21. The van der Waals surface area contributed by atoms with Gasteiger partial charge in [0.25, 0.3) is 11.8 Å². The molecule has 0 aromatic carbocycles. The number of hydrogen-bond donors (Lipinski definition) is 6. The first-order chi connectivity index (χ1) is 25.6. The first kappa shape index (κ1) is 51.8. The molecule has 18 nitrogen and oxygen atoms in total. The van der Waals surface area contributed by atoms with Gasteiger partial charge in [0.2, 0.25) is 0 Å².